The molecule has 0 bridgehead atoms. The molecule has 10 nitrogen and oxygen atoms in total. The number of H-pyrrole nitrogens is 1. The van der Waals surface area contributed by atoms with E-state index < -0.39 is 11.9 Å². The van der Waals surface area contributed by atoms with Gasteiger partial charge in [0.1, 0.15) is 6.23 Å². The molecule has 0 spiro atoms. The van der Waals surface area contributed by atoms with E-state index in [1.54, 1.807) is 23.9 Å². The molecule has 2 aromatic heterocycles. The zero-order chi connectivity index (χ0) is 24.1. The van der Waals surface area contributed by atoms with Crippen molar-refractivity contribution in [3.05, 3.63) is 24.1 Å². The number of aromatic nitrogens is 4. The number of imidazole rings is 1. The van der Waals surface area contributed by atoms with E-state index in [2.05, 4.69) is 20.4 Å². The fourth-order valence-electron chi connectivity index (χ4n) is 3.81. The zero-order valence-corrected chi connectivity index (χ0v) is 19.8. The van der Waals surface area contributed by atoms with Gasteiger partial charge in [-0.1, -0.05) is 0 Å². The van der Waals surface area contributed by atoms with Crippen LogP contribution in [0.5, 0.6) is 5.75 Å². The Morgan fingerprint density at radius 2 is 2.24 bits per heavy atom. The van der Waals surface area contributed by atoms with Gasteiger partial charge in [-0.15, -0.1) is 0 Å². The Balaban J connectivity index is 1.62. The number of carbonyl (C=O) groups is 1. The largest absolute Gasteiger partial charge is 0.490 e. The van der Waals surface area contributed by atoms with Gasteiger partial charge in [0.15, 0.2) is 23.1 Å². The number of amides is 1. The third-order valence-corrected chi connectivity index (χ3v) is 5.46. The maximum absolute atomic E-state index is 14.6. The third-order valence-electron chi connectivity index (χ3n) is 5.46. The maximum atomic E-state index is 14.6. The molecule has 1 aliphatic rings. The van der Waals surface area contributed by atoms with Crippen LogP contribution < -0.4 is 10.1 Å². The molecule has 1 aromatic carbocycles. The minimum atomic E-state index is -0.594. The molecule has 0 aliphatic carbocycles. The molecular formula is C23H31FN6O4. The van der Waals surface area contributed by atoms with Crippen LogP contribution in [0.15, 0.2) is 18.3 Å². The second-order valence-corrected chi connectivity index (χ2v) is 8.43. The number of hydrogen-bond donors (Lipinski definition) is 2. The van der Waals surface area contributed by atoms with Gasteiger partial charge < -0.3 is 24.1 Å². The van der Waals surface area contributed by atoms with E-state index in [0.717, 1.165) is 32.2 Å². The SMILES string of the molecule is CCOC(=O)Nc1cn(C2CCCCO2)nc1-c1nc2cc(OCCCN(C)C)c(F)cc2[nH]1. The van der Waals surface area contributed by atoms with Gasteiger partial charge >= 0.3 is 6.09 Å². The topological polar surface area (TPSA) is 107 Å². The van der Waals surface area contributed by atoms with Crippen molar-refractivity contribution in [2.75, 3.05) is 45.8 Å². The molecule has 1 fully saturated rings. The van der Waals surface area contributed by atoms with Crippen LogP contribution in [0.2, 0.25) is 0 Å². The number of carbonyl (C=O) groups excluding carboxylic acids is 1. The minimum Gasteiger partial charge on any atom is -0.490 e. The predicted octanol–water partition coefficient (Wildman–Crippen LogP) is 4.16. The van der Waals surface area contributed by atoms with E-state index in [1.165, 1.54) is 6.07 Å². The maximum Gasteiger partial charge on any atom is 0.411 e. The molecule has 1 aliphatic heterocycles. The molecule has 11 heteroatoms. The summed E-state index contributed by atoms with van der Waals surface area (Å²) in [4.78, 5) is 21.8. The number of anilines is 1. The van der Waals surface area contributed by atoms with Crippen LogP contribution in [-0.2, 0) is 9.47 Å². The summed E-state index contributed by atoms with van der Waals surface area (Å²) in [5.74, 6) is 0.0642. The van der Waals surface area contributed by atoms with Crippen LogP contribution in [0.4, 0.5) is 14.9 Å². The molecule has 34 heavy (non-hydrogen) atoms. The highest BCUT2D eigenvalue weighted by atomic mass is 19.1. The highest BCUT2D eigenvalue weighted by Crippen LogP contribution is 2.32. The standard InChI is InChI=1S/C23H31FN6O4/c1-4-32-23(31)27-18-14-30(20-8-5-6-10-34-20)28-21(18)22-25-16-12-15(24)19(13-17(16)26-22)33-11-7-9-29(2)3/h12-14,20H,4-11H2,1-3H3,(H,25,26)(H,27,31). The summed E-state index contributed by atoms with van der Waals surface area (Å²) < 4.78 is 32.8. The fraction of sp³-hybridized carbons (Fsp3) is 0.522. The first-order valence-electron chi connectivity index (χ1n) is 11.6. The van der Waals surface area contributed by atoms with Gasteiger partial charge in [-0.3, -0.25) is 5.32 Å². The number of nitrogens with zero attached hydrogens (tertiary/aromatic N) is 4. The number of hydrogen-bond acceptors (Lipinski definition) is 7. The van der Waals surface area contributed by atoms with Gasteiger partial charge in [0, 0.05) is 25.3 Å². The first kappa shape index (κ1) is 24.0. The Hall–Kier alpha value is -3.18. The molecule has 3 heterocycles. The number of halogens is 1. The lowest BCUT2D eigenvalue weighted by Gasteiger charge is -2.22. The second kappa shape index (κ2) is 10.8. The van der Waals surface area contributed by atoms with Crippen LogP contribution >= 0.6 is 0 Å². The smallest absolute Gasteiger partial charge is 0.411 e. The second-order valence-electron chi connectivity index (χ2n) is 8.43. The fourth-order valence-corrected chi connectivity index (χ4v) is 3.81. The lowest BCUT2D eigenvalue weighted by molar-refractivity contribution is -0.0393. The first-order valence-corrected chi connectivity index (χ1v) is 11.6. The van der Waals surface area contributed by atoms with Gasteiger partial charge in [0.2, 0.25) is 0 Å². The molecule has 3 aromatic rings. The summed E-state index contributed by atoms with van der Waals surface area (Å²) in [7, 11) is 3.95. The Bertz CT molecular complexity index is 1120. The van der Waals surface area contributed by atoms with E-state index in [0.29, 0.717) is 41.5 Å². The molecule has 0 saturated carbocycles. The van der Waals surface area contributed by atoms with Crippen molar-refractivity contribution in [2.45, 2.75) is 38.8 Å². The summed E-state index contributed by atoms with van der Waals surface area (Å²) in [6.07, 6.45) is 4.52. The van der Waals surface area contributed by atoms with Gasteiger partial charge in [-0.05, 0) is 46.7 Å². The highest BCUT2D eigenvalue weighted by Gasteiger charge is 2.23. The number of nitrogens with one attached hydrogen (secondary N) is 2. The van der Waals surface area contributed by atoms with Crippen molar-refractivity contribution in [2.24, 2.45) is 0 Å². The Morgan fingerprint density at radius 1 is 1.38 bits per heavy atom. The Labute approximate surface area is 197 Å². The van der Waals surface area contributed by atoms with Crippen molar-refractivity contribution < 1.29 is 23.4 Å². The molecule has 0 radical (unpaired) electrons. The number of benzene rings is 1. The molecule has 184 valence electrons. The summed E-state index contributed by atoms with van der Waals surface area (Å²) in [5.41, 5.74) is 1.86. The Morgan fingerprint density at radius 3 is 2.97 bits per heavy atom. The molecule has 4 rings (SSSR count). The quantitative estimate of drug-likeness (QED) is 0.449. The average Bonchev–Trinajstić information content (AvgIpc) is 3.41. The molecule has 2 N–H and O–H groups in total. The summed E-state index contributed by atoms with van der Waals surface area (Å²) in [6, 6.07) is 2.92. The van der Waals surface area contributed by atoms with Crippen LogP contribution in [0.3, 0.4) is 0 Å². The summed E-state index contributed by atoms with van der Waals surface area (Å²) >= 11 is 0. The van der Waals surface area contributed by atoms with E-state index in [1.807, 2.05) is 19.0 Å². The molecular weight excluding hydrogens is 443 g/mol. The minimum absolute atomic E-state index is 0.148. The number of aromatic amines is 1. The van der Waals surface area contributed by atoms with E-state index in [4.69, 9.17) is 14.2 Å². The van der Waals surface area contributed by atoms with Crippen molar-refractivity contribution >= 4 is 22.8 Å². The normalized spacial score (nSPS) is 16.2. The van der Waals surface area contributed by atoms with Crippen molar-refractivity contribution in [3.8, 4) is 17.3 Å². The van der Waals surface area contributed by atoms with Crippen LogP contribution in [0.1, 0.15) is 38.8 Å². The first-order chi connectivity index (χ1) is 16.4. The summed E-state index contributed by atoms with van der Waals surface area (Å²) in [5, 5.41) is 7.35. The molecule has 1 atom stereocenters. The van der Waals surface area contributed by atoms with E-state index >= 15 is 0 Å². The van der Waals surface area contributed by atoms with Crippen LogP contribution in [0, 0.1) is 5.82 Å². The summed E-state index contributed by atoms with van der Waals surface area (Å²) in [6.45, 7) is 3.87. The van der Waals surface area contributed by atoms with Crippen molar-refractivity contribution in [1.82, 2.24) is 24.6 Å². The zero-order valence-electron chi connectivity index (χ0n) is 19.8. The molecule has 1 amide bonds. The van der Waals surface area contributed by atoms with Crippen LogP contribution in [-0.4, -0.2) is 71.2 Å². The van der Waals surface area contributed by atoms with E-state index in [9.17, 15) is 9.18 Å². The lowest BCUT2D eigenvalue weighted by atomic mass is 10.2. The van der Waals surface area contributed by atoms with Gasteiger partial charge in [-0.25, -0.2) is 18.9 Å². The molecule has 1 saturated heterocycles. The number of fused-ring (bicyclic) bond motifs is 1. The number of rotatable bonds is 9. The number of ether oxygens (including phenoxy) is 3. The van der Waals surface area contributed by atoms with Gasteiger partial charge in [0.05, 0.1) is 36.1 Å². The lowest BCUT2D eigenvalue weighted by Crippen LogP contribution is -2.18. The third kappa shape index (κ3) is 5.65. The Kier molecular flexibility index (Phi) is 7.63. The van der Waals surface area contributed by atoms with Crippen molar-refractivity contribution in [1.29, 1.82) is 0 Å². The average molecular weight is 475 g/mol. The predicted molar refractivity (Wildman–Crippen MR) is 125 cm³/mol. The van der Waals surface area contributed by atoms with Gasteiger partial charge in [0.25, 0.3) is 0 Å². The molecule has 1 unspecified atom stereocenters. The van der Waals surface area contributed by atoms with Crippen molar-refractivity contribution in [3.63, 3.8) is 0 Å². The highest BCUT2D eigenvalue weighted by molar-refractivity contribution is 5.90. The van der Waals surface area contributed by atoms with Gasteiger partial charge in [-0.2, -0.15) is 5.10 Å². The monoisotopic (exact) mass is 474 g/mol. The van der Waals surface area contributed by atoms with E-state index in [-0.39, 0.29) is 18.6 Å². The van der Waals surface area contributed by atoms with Crippen LogP contribution in [0.25, 0.3) is 22.6 Å².